The fourth-order valence-electron chi connectivity index (χ4n) is 5.16. The fourth-order valence-corrected chi connectivity index (χ4v) is 6.16. The van der Waals surface area contributed by atoms with E-state index in [0.29, 0.717) is 12.3 Å². The van der Waals surface area contributed by atoms with Crippen molar-refractivity contribution in [2.45, 2.75) is 30.1 Å². The van der Waals surface area contributed by atoms with Gasteiger partial charge in [-0.25, -0.2) is 21.9 Å². The number of ether oxygens (including phenoxy) is 1. The summed E-state index contributed by atoms with van der Waals surface area (Å²) in [6, 6.07) is 9.94. The fraction of sp³-hybridized carbons (Fsp3) is 0.423. The molecule has 1 fully saturated rings. The van der Waals surface area contributed by atoms with E-state index in [-0.39, 0.29) is 35.5 Å². The highest BCUT2D eigenvalue weighted by Gasteiger charge is 2.35. The van der Waals surface area contributed by atoms with Crippen molar-refractivity contribution in [2.75, 3.05) is 32.8 Å². The highest BCUT2D eigenvalue weighted by molar-refractivity contribution is 7.89. The number of rotatable bonds is 10. The molecule has 2 aromatic carbocycles. The normalized spacial score (nSPS) is 19.8. The molecule has 0 bridgehead atoms. The van der Waals surface area contributed by atoms with Crippen LogP contribution in [-0.2, 0) is 29.9 Å². The second-order valence-corrected chi connectivity index (χ2v) is 11.4. The van der Waals surface area contributed by atoms with Gasteiger partial charge in [-0.2, -0.15) is 5.10 Å². The quantitative estimate of drug-likeness (QED) is 0.419. The number of hydrogen-bond acceptors (Lipinski definition) is 5. The lowest BCUT2D eigenvalue weighted by Crippen LogP contribution is -2.41. The van der Waals surface area contributed by atoms with Gasteiger partial charge >= 0.3 is 0 Å². The van der Waals surface area contributed by atoms with Crippen LogP contribution in [0.3, 0.4) is 0 Å². The zero-order chi connectivity index (χ0) is 25.3. The van der Waals surface area contributed by atoms with Crippen LogP contribution in [0.5, 0.6) is 5.75 Å². The number of hydrogen-bond donors (Lipinski definition) is 1. The molecule has 192 valence electrons. The molecule has 2 atom stereocenters. The number of halogens is 2. The Morgan fingerprint density at radius 3 is 2.72 bits per heavy atom. The van der Waals surface area contributed by atoms with Gasteiger partial charge in [-0.05, 0) is 85.1 Å². The van der Waals surface area contributed by atoms with Gasteiger partial charge in [-0.3, -0.25) is 4.68 Å². The van der Waals surface area contributed by atoms with Crippen molar-refractivity contribution in [3.8, 4) is 5.75 Å². The predicted molar refractivity (Wildman–Crippen MR) is 131 cm³/mol. The molecule has 1 aliphatic carbocycles. The summed E-state index contributed by atoms with van der Waals surface area (Å²) in [6.07, 6.45) is 5.30. The number of aryl methyl sites for hydroxylation is 1. The van der Waals surface area contributed by atoms with Crippen LogP contribution in [0.4, 0.5) is 8.78 Å². The summed E-state index contributed by atoms with van der Waals surface area (Å²) in [5.74, 6) is -0.193. The molecule has 0 amide bonds. The molecule has 2 heterocycles. The first-order valence-corrected chi connectivity index (χ1v) is 13.7. The van der Waals surface area contributed by atoms with Gasteiger partial charge in [0, 0.05) is 26.3 Å². The lowest BCUT2D eigenvalue weighted by Gasteiger charge is -2.35. The largest absolute Gasteiger partial charge is 0.489 e. The Morgan fingerprint density at radius 1 is 1.19 bits per heavy atom. The molecule has 1 saturated heterocycles. The van der Waals surface area contributed by atoms with Crippen LogP contribution in [0, 0.1) is 17.6 Å². The van der Waals surface area contributed by atoms with E-state index in [9.17, 15) is 17.2 Å². The Balaban J connectivity index is 1.29. The van der Waals surface area contributed by atoms with E-state index in [0.717, 1.165) is 42.7 Å². The van der Waals surface area contributed by atoms with Crippen molar-refractivity contribution in [2.24, 2.45) is 13.0 Å². The predicted octanol–water partition coefficient (Wildman–Crippen LogP) is 3.26. The number of aromatic nitrogens is 2. The Bertz CT molecular complexity index is 1340. The van der Waals surface area contributed by atoms with Gasteiger partial charge < -0.3 is 9.64 Å². The van der Waals surface area contributed by atoms with Gasteiger partial charge in [0.25, 0.3) is 0 Å². The molecule has 36 heavy (non-hydrogen) atoms. The minimum atomic E-state index is -3.72. The summed E-state index contributed by atoms with van der Waals surface area (Å²) in [7, 11) is -2.09. The van der Waals surface area contributed by atoms with E-state index in [1.54, 1.807) is 31.3 Å². The Hall–Kier alpha value is -2.82. The summed E-state index contributed by atoms with van der Waals surface area (Å²) < 4.78 is 63.0. The summed E-state index contributed by atoms with van der Waals surface area (Å²) in [6.45, 7) is 3.05. The smallest absolute Gasteiger partial charge is 0.243 e. The first kappa shape index (κ1) is 24.9. The number of benzene rings is 2. The standard InChI is InChI=1S/C26H30F2N4O3S/c1-31-17-22(15-29-31)36(33,34)30-6-9-35-26-14-24-19(13-25(26)28)12-20(16-32-7-3-8-32)23(24)11-18-4-2-5-21(27)10-18/h2,4-5,10,13-15,17,20,23,30H,3,6-9,11-12,16H2,1H3. The molecule has 2 unspecified atom stereocenters. The van der Waals surface area contributed by atoms with Crippen molar-refractivity contribution in [1.29, 1.82) is 0 Å². The Kier molecular flexibility index (Phi) is 7.09. The van der Waals surface area contributed by atoms with Crippen LogP contribution in [0.1, 0.15) is 29.0 Å². The van der Waals surface area contributed by atoms with Gasteiger partial charge in [0.05, 0.1) is 6.20 Å². The maximum absolute atomic E-state index is 14.9. The van der Waals surface area contributed by atoms with Gasteiger partial charge in [-0.15, -0.1) is 0 Å². The molecule has 1 aliphatic heterocycles. The molecule has 5 rings (SSSR count). The highest BCUT2D eigenvalue weighted by atomic mass is 32.2. The molecule has 0 spiro atoms. The third kappa shape index (κ3) is 5.45. The van der Waals surface area contributed by atoms with Crippen molar-refractivity contribution >= 4 is 10.0 Å². The molecule has 1 N–H and O–H groups in total. The number of fused-ring (bicyclic) bond motifs is 1. The zero-order valence-corrected chi connectivity index (χ0v) is 21.0. The average Bonchev–Trinajstić information content (AvgIpc) is 3.38. The van der Waals surface area contributed by atoms with Gasteiger partial charge in [0.2, 0.25) is 10.0 Å². The monoisotopic (exact) mass is 516 g/mol. The van der Waals surface area contributed by atoms with E-state index in [4.69, 9.17) is 4.74 Å². The number of likely N-dealkylation sites (tertiary alicyclic amines) is 1. The van der Waals surface area contributed by atoms with Crippen LogP contribution in [0.15, 0.2) is 53.7 Å². The number of nitrogens with zero attached hydrogens (tertiary/aromatic N) is 3. The number of nitrogens with one attached hydrogen (secondary N) is 1. The van der Waals surface area contributed by atoms with Gasteiger partial charge in [0.1, 0.15) is 17.3 Å². The highest BCUT2D eigenvalue weighted by Crippen LogP contribution is 2.43. The van der Waals surface area contributed by atoms with Crippen LogP contribution < -0.4 is 9.46 Å². The van der Waals surface area contributed by atoms with E-state index in [1.165, 1.54) is 29.6 Å². The zero-order valence-electron chi connectivity index (χ0n) is 20.2. The van der Waals surface area contributed by atoms with Crippen molar-refractivity contribution < 1.29 is 21.9 Å². The van der Waals surface area contributed by atoms with Crippen LogP contribution >= 0.6 is 0 Å². The lowest BCUT2D eigenvalue weighted by molar-refractivity contribution is 0.145. The van der Waals surface area contributed by atoms with E-state index in [1.807, 2.05) is 6.07 Å². The second kappa shape index (κ2) is 10.3. The lowest BCUT2D eigenvalue weighted by atomic mass is 9.85. The Morgan fingerprint density at radius 2 is 2.03 bits per heavy atom. The molecular weight excluding hydrogens is 486 g/mol. The molecule has 2 aliphatic rings. The van der Waals surface area contributed by atoms with Crippen LogP contribution in [0.25, 0.3) is 0 Å². The summed E-state index contributed by atoms with van der Waals surface area (Å²) >= 11 is 0. The summed E-state index contributed by atoms with van der Waals surface area (Å²) in [5, 5.41) is 3.87. The topological polar surface area (TPSA) is 76.5 Å². The molecule has 0 saturated carbocycles. The van der Waals surface area contributed by atoms with E-state index in [2.05, 4.69) is 14.7 Å². The molecular formula is C26H30F2N4O3S. The van der Waals surface area contributed by atoms with Crippen molar-refractivity contribution in [1.82, 2.24) is 19.4 Å². The minimum Gasteiger partial charge on any atom is -0.489 e. The first-order chi connectivity index (χ1) is 17.3. The minimum absolute atomic E-state index is 0.0158. The van der Waals surface area contributed by atoms with Crippen LogP contribution in [-0.4, -0.2) is 55.9 Å². The summed E-state index contributed by atoms with van der Waals surface area (Å²) in [4.78, 5) is 2.47. The maximum atomic E-state index is 14.9. The van der Waals surface area contributed by atoms with Gasteiger partial charge in [0.15, 0.2) is 11.6 Å². The summed E-state index contributed by atoms with van der Waals surface area (Å²) in [5.41, 5.74) is 2.90. The average molecular weight is 517 g/mol. The maximum Gasteiger partial charge on any atom is 0.243 e. The Labute approximate surface area is 210 Å². The third-order valence-corrected chi connectivity index (χ3v) is 8.49. The molecule has 1 aromatic heterocycles. The van der Waals surface area contributed by atoms with Crippen molar-refractivity contribution in [3.05, 3.63) is 77.1 Å². The SMILES string of the molecule is Cn1cc(S(=O)(=O)NCCOc2cc3c(cc2F)CC(CN2CCC2)C3Cc2cccc(F)c2)cn1. The molecule has 3 aromatic rings. The molecule has 10 heteroatoms. The van der Waals surface area contributed by atoms with E-state index >= 15 is 0 Å². The molecule has 7 nitrogen and oxygen atoms in total. The first-order valence-electron chi connectivity index (χ1n) is 12.2. The second-order valence-electron chi connectivity index (χ2n) is 9.64. The van der Waals surface area contributed by atoms with Gasteiger partial charge in [-0.1, -0.05) is 12.1 Å². The third-order valence-electron chi connectivity index (χ3n) is 7.07. The number of sulfonamides is 1. The van der Waals surface area contributed by atoms with Crippen molar-refractivity contribution in [3.63, 3.8) is 0 Å². The van der Waals surface area contributed by atoms with E-state index < -0.39 is 15.8 Å². The molecule has 0 radical (unpaired) electrons. The van der Waals surface area contributed by atoms with Crippen LogP contribution in [0.2, 0.25) is 0 Å².